The summed E-state index contributed by atoms with van der Waals surface area (Å²) in [6.07, 6.45) is 5.28. The first-order valence-electron chi connectivity index (χ1n) is 6.87. The molecule has 1 aliphatic rings. The van der Waals surface area contributed by atoms with Gasteiger partial charge in [-0.2, -0.15) is 5.10 Å². The molecule has 7 heteroatoms. The van der Waals surface area contributed by atoms with Crippen LogP contribution in [0.5, 0.6) is 0 Å². The number of piperidine rings is 1. The molecule has 1 aliphatic heterocycles. The maximum Gasteiger partial charge on any atom is 0.317 e. The Balaban J connectivity index is 1.65. The molecule has 2 amide bonds. The molecule has 0 aliphatic carbocycles. The Labute approximate surface area is 117 Å². The molecule has 0 radical (unpaired) electrons. The van der Waals surface area contributed by atoms with Crippen LogP contribution in [0.15, 0.2) is 18.5 Å². The highest BCUT2D eigenvalue weighted by Crippen LogP contribution is 2.20. The molecule has 1 saturated heterocycles. The third-order valence-electron chi connectivity index (χ3n) is 3.54. The molecule has 7 nitrogen and oxygen atoms in total. The number of carbonyl (C=O) groups is 2. The van der Waals surface area contributed by atoms with Gasteiger partial charge in [-0.3, -0.25) is 9.48 Å². The van der Waals surface area contributed by atoms with Crippen LogP contribution in [0, 0.1) is 5.92 Å². The van der Waals surface area contributed by atoms with Crippen LogP contribution >= 0.6 is 0 Å². The molecular weight excluding hydrogens is 260 g/mol. The molecule has 1 aromatic rings. The minimum absolute atomic E-state index is 0.0778. The Morgan fingerprint density at radius 3 is 2.70 bits per heavy atom. The maximum absolute atomic E-state index is 11.9. The molecule has 2 rings (SSSR count). The number of hydrogen-bond acceptors (Lipinski definition) is 3. The van der Waals surface area contributed by atoms with Crippen molar-refractivity contribution < 1.29 is 14.7 Å². The first kappa shape index (κ1) is 14.4. The molecule has 2 N–H and O–H groups in total. The lowest BCUT2D eigenvalue weighted by atomic mass is 9.94. The molecule has 20 heavy (non-hydrogen) atoms. The fourth-order valence-corrected chi connectivity index (χ4v) is 2.41. The lowest BCUT2D eigenvalue weighted by Crippen LogP contribution is -2.45. The van der Waals surface area contributed by atoms with Gasteiger partial charge in [-0.05, 0) is 24.8 Å². The summed E-state index contributed by atoms with van der Waals surface area (Å²) in [5.74, 6) is -0.562. The van der Waals surface area contributed by atoms with E-state index < -0.39 is 5.97 Å². The normalized spacial score (nSPS) is 16.1. The summed E-state index contributed by atoms with van der Waals surface area (Å²) in [4.78, 5) is 24.3. The summed E-state index contributed by atoms with van der Waals surface area (Å²) in [5.41, 5.74) is 0. The number of carbonyl (C=O) groups excluding carboxylic acids is 1. The predicted octanol–water partition coefficient (Wildman–Crippen LogP) is 0.779. The van der Waals surface area contributed by atoms with Crippen molar-refractivity contribution in [3.05, 3.63) is 18.5 Å². The van der Waals surface area contributed by atoms with Gasteiger partial charge in [-0.25, -0.2) is 4.79 Å². The summed E-state index contributed by atoms with van der Waals surface area (Å²) in [5, 5.41) is 15.7. The smallest absolute Gasteiger partial charge is 0.317 e. The minimum atomic E-state index is -0.757. The second-order valence-electron chi connectivity index (χ2n) is 5.03. The van der Waals surface area contributed by atoms with Crippen molar-refractivity contribution in [2.24, 2.45) is 5.92 Å². The van der Waals surface area contributed by atoms with Gasteiger partial charge in [-0.15, -0.1) is 0 Å². The van der Waals surface area contributed by atoms with E-state index in [2.05, 4.69) is 10.4 Å². The summed E-state index contributed by atoms with van der Waals surface area (Å²) in [7, 11) is 0. The quantitative estimate of drug-likeness (QED) is 0.834. The molecule has 110 valence electrons. The van der Waals surface area contributed by atoms with E-state index in [0.717, 1.165) is 12.8 Å². The lowest BCUT2D eigenvalue weighted by Gasteiger charge is -2.31. The van der Waals surface area contributed by atoms with Crippen LogP contribution in [0.4, 0.5) is 4.79 Å². The topological polar surface area (TPSA) is 87.5 Å². The average Bonchev–Trinajstić information content (AvgIpc) is 2.92. The number of amides is 2. The third-order valence-corrected chi connectivity index (χ3v) is 3.54. The van der Waals surface area contributed by atoms with Crippen LogP contribution in [-0.2, 0) is 11.3 Å². The minimum Gasteiger partial charge on any atom is -0.481 e. The summed E-state index contributed by atoms with van der Waals surface area (Å²) < 4.78 is 1.76. The van der Waals surface area contributed by atoms with Crippen molar-refractivity contribution in [3.63, 3.8) is 0 Å². The SMILES string of the molecule is O=C(O)CC1CCN(C(=O)NCCn2cccn2)CC1. The summed E-state index contributed by atoms with van der Waals surface area (Å²) >= 11 is 0. The van der Waals surface area contributed by atoms with E-state index in [0.29, 0.717) is 26.2 Å². The number of nitrogens with one attached hydrogen (secondary N) is 1. The van der Waals surface area contributed by atoms with E-state index in [4.69, 9.17) is 5.11 Å². The van der Waals surface area contributed by atoms with E-state index in [1.54, 1.807) is 15.8 Å². The van der Waals surface area contributed by atoms with Crippen molar-refractivity contribution in [1.29, 1.82) is 0 Å². The zero-order chi connectivity index (χ0) is 14.4. The van der Waals surface area contributed by atoms with Gasteiger partial charge in [0.15, 0.2) is 0 Å². The van der Waals surface area contributed by atoms with E-state index in [1.807, 2.05) is 12.3 Å². The summed E-state index contributed by atoms with van der Waals surface area (Å²) in [6, 6.07) is 1.76. The summed E-state index contributed by atoms with van der Waals surface area (Å²) in [6.45, 7) is 2.45. The number of aliphatic carboxylic acids is 1. The number of hydrogen-bond donors (Lipinski definition) is 2. The number of carboxylic acid groups (broad SMARTS) is 1. The van der Waals surface area contributed by atoms with Gasteiger partial charge in [0.1, 0.15) is 0 Å². The van der Waals surface area contributed by atoms with Gasteiger partial charge in [-0.1, -0.05) is 0 Å². The largest absolute Gasteiger partial charge is 0.481 e. The van der Waals surface area contributed by atoms with Crippen molar-refractivity contribution >= 4 is 12.0 Å². The van der Waals surface area contributed by atoms with E-state index >= 15 is 0 Å². The molecule has 0 spiro atoms. The molecule has 1 fully saturated rings. The molecule has 2 heterocycles. The van der Waals surface area contributed by atoms with E-state index in [9.17, 15) is 9.59 Å². The molecular formula is C13H20N4O3. The Hall–Kier alpha value is -2.05. The average molecular weight is 280 g/mol. The van der Waals surface area contributed by atoms with Crippen LogP contribution in [-0.4, -0.2) is 51.4 Å². The molecule has 0 unspecified atom stereocenters. The highest BCUT2D eigenvalue weighted by Gasteiger charge is 2.23. The van der Waals surface area contributed by atoms with Gasteiger partial charge in [0.05, 0.1) is 6.54 Å². The highest BCUT2D eigenvalue weighted by molar-refractivity contribution is 5.74. The Morgan fingerprint density at radius 1 is 1.35 bits per heavy atom. The Kier molecular flexibility index (Phi) is 4.97. The van der Waals surface area contributed by atoms with Gasteiger partial charge in [0, 0.05) is 38.4 Å². The van der Waals surface area contributed by atoms with Crippen LogP contribution in [0.1, 0.15) is 19.3 Å². The fourth-order valence-electron chi connectivity index (χ4n) is 2.41. The first-order chi connectivity index (χ1) is 9.65. The Morgan fingerprint density at radius 2 is 2.10 bits per heavy atom. The zero-order valence-corrected chi connectivity index (χ0v) is 11.4. The Bertz CT molecular complexity index is 438. The molecule has 0 aromatic carbocycles. The number of nitrogens with zero attached hydrogens (tertiary/aromatic N) is 3. The monoisotopic (exact) mass is 280 g/mol. The van der Waals surface area contributed by atoms with Gasteiger partial charge in [0.25, 0.3) is 0 Å². The van der Waals surface area contributed by atoms with Crippen molar-refractivity contribution in [2.75, 3.05) is 19.6 Å². The predicted molar refractivity (Wildman–Crippen MR) is 72.2 cm³/mol. The third kappa shape index (κ3) is 4.25. The van der Waals surface area contributed by atoms with Crippen LogP contribution in [0.3, 0.4) is 0 Å². The van der Waals surface area contributed by atoms with Gasteiger partial charge in [0.2, 0.25) is 0 Å². The van der Waals surface area contributed by atoms with Gasteiger partial charge >= 0.3 is 12.0 Å². The van der Waals surface area contributed by atoms with E-state index in [-0.39, 0.29) is 18.4 Å². The maximum atomic E-state index is 11.9. The standard InChI is InChI=1S/C13H20N4O3/c18-12(19)10-11-2-7-16(8-3-11)13(20)14-5-9-17-6-1-4-15-17/h1,4,6,11H,2-3,5,7-10H2,(H,14,20)(H,18,19). The lowest BCUT2D eigenvalue weighted by molar-refractivity contribution is -0.138. The van der Waals surface area contributed by atoms with Gasteiger partial charge < -0.3 is 15.3 Å². The molecule has 1 aromatic heterocycles. The van der Waals surface area contributed by atoms with Crippen molar-refractivity contribution in [3.8, 4) is 0 Å². The van der Waals surface area contributed by atoms with E-state index in [1.165, 1.54) is 0 Å². The number of likely N-dealkylation sites (tertiary alicyclic amines) is 1. The highest BCUT2D eigenvalue weighted by atomic mass is 16.4. The number of carboxylic acids is 1. The molecule has 0 bridgehead atoms. The second kappa shape index (κ2) is 6.93. The van der Waals surface area contributed by atoms with Crippen molar-refractivity contribution in [2.45, 2.75) is 25.8 Å². The molecule has 0 saturated carbocycles. The van der Waals surface area contributed by atoms with Crippen LogP contribution in [0.2, 0.25) is 0 Å². The zero-order valence-electron chi connectivity index (χ0n) is 11.4. The number of rotatable bonds is 5. The fraction of sp³-hybridized carbons (Fsp3) is 0.615. The number of aromatic nitrogens is 2. The first-order valence-corrected chi connectivity index (χ1v) is 6.87. The molecule has 0 atom stereocenters. The van der Waals surface area contributed by atoms with Crippen LogP contribution in [0.25, 0.3) is 0 Å². The van der Waals surface area contributed by atoms with Crippen molar-refractivity contribution in [1.82, 2.24) is 20.0 Å². The number of urea groups is 1. The van der Waals surface area contributed by atoms with Crippen LogP contribution < -0.4 is 5.32 Å². The second-order valence-corrected chi connectivity index (χ2v) is 5.03.